The standard InChI is InChI=1S/C16H22N2OS/c1-10-8-16(9-10,14(17)20)15(19)18-12(3)13-7-5-4-6-11(13)2/h4-7,10,12H,8-9H2,1-3H3,(H2,17,20)(H,18,19). The van der Waals surface area contributed by atoms with Gasteiger partial charge in [0.1, 0.15) is 0 Å². The van der Waals surface area contributed by atoms with Crippen LogP contribution < -0.4 is 11.1 Å². The van der Waals surface area contributed by atoms with E-state index in [9.17, 15) is 4.79 Å². The molecule has 1 aromatic rings. The highest BCUT2D eigenvalue weighted by Crippen LogP contribution is 2.46. The van der Waals surface area contributed by atoms with Gasteiger partial charge >= 0.3 is 0 Å². The summed E-state index contributed by atoms with van der Waals surface area (Å²) in [5.74, 6) is 0.481. The number of aryl methyl sites for hydroxylation is 1. The number of nitrogens with two attached hydrogens (primary N) is 1. The van der Waals surface area contributed by atoms with Crippen molar-refractivity contribution >= 4 is 23.1 Å². The summed E-state index contributed by atoms with van der Waals surface area (Å²) in [5, 5.41) is 3.08. The fourth-order valence-corrected chi connectivity index (χ4v) is 3.37. The van der Waals surface area contributed by atoms with E-state index in [0.29, 0.717) is 10.9 Å². The number of carbonyl (C=O) groups is 1. The van der Waals surface area contributed by atoms with E-state index in [1.807, 2.05) is 38.1 Å². The maximum Gasteiger partial charge on any atom is 0.233 e. The van der Waals surface area contributed by atoms with Crippen molar-refractivity contribution in [2.45, 2.75) is 39.7 Å². The fraction of sp³-hybridized carbons (Fsp3) is 0.500. The first-order chi connectivity index (χ1) is 9.36. The number of rotatable bonds is 4. The fourth-order valence-electron chi connectivity index (χ4n) is 3.11. The minimum absolute atomic E-state index is 0.0288. The Kier molecular flexibility index (Phi) is 4.14. The zero-order valence-electron chi connectivity index (χ0n) is 12.3. The zero-order valence-corrected chi connectivity index (χ0v) is 13.1. The molecule has 1 aliphatic carbocycles. The van der Waals surface area contributed by atoms with E-state index in [-0.39, 0.29) is 11.9 Å². The van der Waals surface area contributed by atoms with Crippen LogP contribution in [0.2, 0.25) is 0 Å². The van der Waals surface area contributed by atoms with Crippen LogP contribution in [0, 0.1) is 18.3 Å². The van der Waals surface area contributed by atoms with Gasteiger partial charge in [-0.05, 0) is 43.7 Å². The molecule has 0 bridgehead atoms. The van der Waals surface area contributed by atoms with Gasteiger partial charge in [0.15, 0.2) is 0 Å². The number of hydrogen-bond acceptors (Lipinski definition) is 2. The number of carbonyl (C=O) groups excluding carboxylic acids is 1. The van der Waals surface area contributed by atoms with E-state index in [2.05, 4.69) is 12.2 Å². The van der Waals surface area contributed by atoms with E-state index < -0.39 is 5.41 Å². The minimum atomic E-state index is -0.633. The first kappa shape index (κ1) is 15.0. The van der Waals surface area contributed by atoms with Crippen LogP contribution in [0.15, 0.2) is 24.3 Å². The van der Waals surface area contributed by atoms with Crippen molar-refractivity contribution in [3.05, 3.63) is 35.4 Å². The summed E-state index contributed by atoms with van der Waals surface area (Å²) in [4.78, 5) is 12.9. The lowest BCUT2D eigenvalue weighted by molar-refractivity contribution is -0.133. The first-order valence-electron chi connectivity index (χ1n) is 7.03. The number of benzene rings is 1. The molecule has 1 saturated carbocycles. The molecule has 3 nitrogen and oxygen atoms in total. The predicted molar refractivity (Wildman–Crippen MR) is 85.4 cm³/mol. The molecule has 0 aliphatic heterocycles. The molecule has 0 saturated heterocycles. The Morgan fingerprint density at radius 2 is 2.05 bits per heavy atom. The van der Waals surface area contributed by atoms with Gasteiger partial charge in [0, 0.05) is 0 Å². The van der Waals surface area contributed by atoms with E-state index in [1.54, 1.807) is 0 Å². The highest BCUT2D eigenvalue weighted by Gasteiger charge is 2.51. The molecule has 0 radical (unpaired) electrons. The van der Waals surface area contributed by atoms with Crippen LogP contribution in [0.4, 0.5) is 0 Å². The van der Waals surface area contributed by atoms with Gasteiger partial charge in [-0.25, -0.2) is 0 Å². The van der Waals surface area contributed by atoms with Crippen molar-refractivity contribution in [2.24, 2.45) is 17.1 Å². The number of nitrogens with one attached hydrogen (secondary N) is 1. The van der Waals surface area contributed by atoms with Crippen LogP contribution in [0.5, 0.6) is 0 Å². The van der Waals surface area contributed by atoms with Crippen LogP contribution >= 0.6 is 12.2 Å². The topological polar surface area (TPSA) is 55.1 Å². The normalized spacial score (nSPS) is 26.4. The lowest BCUT2D eigenvalue weighted by atomic mass is 9.62. The van der Waals surface area contributed by atoms with Gasteiger partial charge in [-0.2, -0.15) is 0 Å². The second-order valence-corrected chi connectivity index (χ2v) is 6.45. The summed E-state index contributed by atoms with van der Waals surface area (Å²) >= 11 is 5.12. The van der Waals surface area contributed by atoms with Crippen molar-refractivity contribution in [1.29, 1.82) is 0 Å². The van der Waals surface area contributed by atoms with Crippen molar-refractivity contribution in [1.82, 2.24) is 5.32 Å². The molecule has 1 aromatic carbocycles. The van der Waals surface area contributed by atoms with Crippen molar-refractivity contribution in [3.63, 3.8) is 0 Å². The van der Waals surface area contributed by atoms with Crippen molar-refractivity contribution in [2.75, 3.05) is 0 Å². The molecule has 1 amide bonds. The molecule has 1 aliphatic rings. The molecule has 1 unspecified atom stereocenters. The van der Waals surface area contributed by atoms with Crippen LogP contribution in [0.3, 0.4) is 0 Å². The van der Waals surface area contributed by atoms with E-state index in [0.717, 1.165) is 18.4 Å². The Bertz CT molecular complexity index is 535. The van der Waals surface area contributed by atoms with Crippen LogP contribution in [-0.2, 0) is 4.79 Å². The lowest BCUT2D eigenvalue weighted by Crippen LogP contribution is -2.56. The van der Waals surface area contributed by atoms with E-state index >= 15 is 0 Å². The van der Waals surface area contributed by atoms with Gasteiger partial charge in [-0.1, -0.05) is 43.4 Å². The summed E-state index contributed by atoms with van der Waals surface area (Å²) in [5.41, 5.74) is 7.48. The number of hydrogen-bond donors (Lipinski definition) is 2. The molecule has 0 heterocycles. The molecule has 3 N–H and O–H groups in total. The van der Waals surface area contributed by atoms with Crippen LogP contribution in [0.1, 0.15) is 43.9 Å². The molecule has 20 heavy (non-hydrogen) atoms. The first-order valence-corrected chi connectivity index (χ1v) is 7.44. The van der Waals surface area contributed by atoms with Crippen LogP contribution in [-0.4, -0.2) is 10.9 Å². The summed E-state index contributed by atoms with van der Waals surface area (Å²) in [6, 6.07) is 8.03. The summed E-state index contributed by atoms with van der Waals surface area (Å²) in [6.07, 6.45) is 1.52. The van der Waals surface area contributed by atoms with Gasteiger partial charge in [0.2, 0.25) is 5.91 Å². The van der Waals surface area contributed by atoms with Gasteiger partial charge in [0.05, 0.1) is 16.4 Å². The average Bonchev–Trinajstić information content (AvgIpc) is 2.34. The second kappa shape index (κ2) is 5.52. The van der Waals surface area contributed by atoms with Gasteiger partial charge < -0.3 is 11.1 Å². The third-order valence-corrected chi connectivity index (χ3v) is 4.69. The third-order valence-electron chi connectivity index (χ3n) is 4.30. The lowest BCUT2D eigenvalue weighted by Gasteiger charge is -2.44. The second-order valence-electron chi connectivity index (χ2n) is 6.01. The zero-order chi connectivity index (χ0) is 14.9. The van der Waals surface area contributed by atoms with Gasteiger partial charge in [-0.3, -0.25) is 4.79 Å². The Morgan fingerprint density at radius 3 is 2.55 bits per heavy atom. The molecule has 1 fully saturated rings. The molecule has 1 atom stereocenters. The average molecular weight is 290 g/mol. The Hall–Kier alpha value is -1.42. The number of amides is 1. The molecule has 0 aromatic heterocycles. The smallest absolute Gasteiger partial charge is 0.233 e. The van der Waals surface area contributed by atoms with E-state index in [1.165, 1.54) is 5.56 Å². The van der Waals surface area contributed by atoms with Crippen LogP contribution in [0.25, 0.3) is 0 Å². The molecular formula is C16H22N2OS. The summed E-state index contributed by atoms with van der Waals surface area (Å²) < 4.78 is 0. The molecule has 108 valence electrons. The maximum atomic E-state index is 12.6. The maximum absolute atomic E-state index is 12.6. The molecular weight excluding hydrogens is 268 g/mol. The minimum Gasteiger partial charge on any atom is -0.392 e. The summed E-state index contributed by atoms with van der Waals surface area (Å²) in [6.45, 7) is 6.16. The predicted octanol–water partition coefficient (Wildman–Crippen LogP) is 2.87. The monoisotopic (exact) mass is 290 g/mol. The Morgan fingerprint density at radius 1 is 1.45 bits per heavy atom. The Labute approximate surface area is 125 Å². The van der Waals surface area contributed by atoms with E-state index in [4.69, 9.17) is 18.0 Å². The van der Waals surface area contributed by atoms with Gasteiger partial charge in [0.25, 0.3) is 0 Å². The Balaban J connectivity index is 2.12. The SMILES string of the molecule is Cc1ccccc1C(C)NC(=O)C1(C(N)=S)CC(C)C1. The third kappa shape index (κ3) is 2.57. The highest BCUT2D eigenvalue weighted by molar-refractivity contribution is 7.80. The quantitative estimate of drug-likeness (QED) is 0.838. The molecule has 2 rings (SSSR count). The molecule has 4 heteroatoms. The molecule has 0 spiro atoms. The highest BCUT2D eigenvalue weighted by atomic mass is 32.1. The summed E-state index contributed by atoms with van der Waals surface area (Å²) in [7, 11) is 0. The van der Waals surface area contributed by atoms with Gasteiger partial charge in [-0.15, -0.1) is 0 Å². The van der Waals surface area contributed by atoms with Crippen molar-refractivity contribution in [3.8, 4) is 0 Å². The largest absolute Gasteiger partial charge is 0.392 e. The number of thiocarbonyl (C=S) groups is 1. The van der Waals surface area contributed by atoms with Crippen molar-refractivity contribution < 1.29 is 4.79 Å².